The van der Waals surface area contributed by atoms with Gasteiger partial charge in [0, 0.05) is 19.6 Å². The molecule has 0 radical (unpaired) electrons. The van der Waals surface area contributed by atoms with Crippen LogP contribution in [0.2, 0.25) is 0 Å². The van der Waals surface area contributed by atoms with Crippen molar-refractivity contribution in [2.45, 2.75) is 27.2 Å². The lowest BCUT2D eigenvalue weighted by atomic mass is 10.2. The summed E-state index contributed by atoms with van der Waals surface area (Å²) in [6.07, 6.45) is 1.08. The number of nitrogens with zero attached hydrogens (tertiary/aromatic N) is 1. The monoisotopic (exact) mass is 184 g/mol. The highest BCUT2D eigenvalue weighted by molar-refractivity contribution is 4.94. The van der Waals surface area contributed by atoms with Crippen molar-refractivity contribution in [3.8, 4) is 0 Å². The summed E-state index contributed by atoms with van der Waals surface area (Å²) >= 11 is 0. The fourth-order valence-corrected chi connectivity index (χ4v) is 1.17. The van der Waals surface area contributed by atoms with Gasteiger partial charge in [0.15, 0.2) is 0 Å². The van der Waals surface area contributed by atoms with Crippen LogP contribution >= 0.6 is 0 Å². The molecule has 0 saturated heterocycles. The van der Waals surface area contributed by atoms with Crippen molar-refractivity contribution in [3.05, 3.63) is 12.2 Å². The summed E-state index contributed by atoms with van der Waals surface area (Å²) in [6.45, 7) is 16.0. The van der Waals surface area contributed by atoms with Gasteiger partial charge in [0.25, 0.3) is 0 Å². The third-order valence-corrected chi connectivity index (χ3v) is 2.37. The predicted octanol–water partition coefficient (Wildman–Crippen LogP) is 1.88. The van der Waals surface area contributed by atoms with Gasteiger partial charge in [-0.05, 0) is 19.5 Å². The molecule has 0 saturated carbocycles. The molecule has 0 unspecified atom stereocenters. The van der Waals surface area contributed by atoms with Crippen LogP contribution in [-0.2, 0) is 0 Å². The molecule has 0 rings (SSSR count). The second kappa shape index (κ2) is 8.27. The Morgan fingerprint density at radius 2 is 1.85 bits per heavy atom. The van der Waals surface area contributed by atoms with E-state index in [1.807, 2.05) is 0 Å². The first-order valence-corrected chi connectivity index (χ1v) is 5.34. The minimum atomic E-state index is 0.970. The molecule has 0 fully saturated rings. The summed E-state index contributed by atoms with van der Waals surface area (Å²) in [5.74, 6) is 0. The lowest BCUT2D eigenvalue weighted by molar-refractivity contribution is 0.304. The Hall–Kier alpha value is -0.340. The second-order valence-corrected chi connectivity index (χ2v) is 3.31. The van der Waals surface area contributed by atoms with E-state index in [4.69, 9.17) is 0 Å². The molecule has 0 aliphatic rings. The Bertz CT molecular complexity index is 128. The molecule has 78 valence electrons. The first-order chi connectivity index (χ1) is 6.24. The molecule has 0 heterocycles. The van der Waals surface area contributed by atoms with E-state index in [2.05, 4.69) is 37.6 Å². The quantitative estimate of drug-likeness (QED) is 0.458. The first-order valence-electron chi connectivity index (χ1n) is 5.34. The maximum atomic E-state index is 3.95. The summed E-state index contributed by atoms with van der Waals surface area (Å²) < 4.78 is 0. The SMILES string of the molecule is C=C(CC)CNCCN(CC)CC. The van der Waals surface area contributed by atoms with Gasteiger partial charge in [-0.1, -0.05) is 32.9 Å². The third kappa shape index (κ3) is 6.79. The maximum Gasteiger partial charge on any atom is 0.0162 e. The lowest BCUT2D eigenvalue weighted by Gasteiger charge is -2.18. The van der Waals surface area contributed by atoms with E-state index in [0.717, 1.165) is 39.1 Å². The Morgan fingerprint density at radius 3 is 2.31 bits per heavy atom. The summed E-state index contributed by atoms with van der Waals surface area (Å²) in [6, 6.07) is 0. The van der Waals surface area contributed by atoms with Crippen LogP contribution in [0.15, 0.2) is 12.2 Å². The van der Waals surface area contributed by atoms with Gasteiger partial charge in [0.2, 0.25) is 0 Å². The molecular formula is C11H24N2. The van der Waals surface area contributed by atoms with E-state index >= 15 is 0 Å². The number of nitrogens with one attached hydrogen (secondary N) is 1. The number of hydrogen-bond donors (Lipinski definition) is 1. The van der Waals surface area contributed by atoms with Gasteiger partial charge in [-0.25, -0.2) is 0 Å². The number of hydrogen-bond acceptors (Lipinski definition) is 2. The molecule has 0 aromatic heterocycles. The van der Waals surface area contributed by atoms with E-state index in [1.54, 1.807) is 0 Å². The Balaban J connectivity index is 3.28. The van der Waals surface area contributed by atoms with Crippen LogP contribution < -0.4 is 5.32 Å². The molecule has 0 atom stereocenters. The van der Waals surface area contributed by atoms with E-state index in [0.29, 0.717) is 0 Å². The van der Waals surface area contributed by atoms with Crippen molar-refractivity contribution in [1.29, 1.82) is 0 Å². The zero-order valence-corrected chi connectivity index (χ0v) is 9.40. The highest BCUT2D eigenvalue weighted by atomic mass is 15.1. The molecule has 0 spiro atoms. The average molecular weight is 184 g/mol. The zero-order valence-electron chi connectivity index (χ0n) is 9.40. The van der Waals surface area contributed by atoms with E-state index < -0.39 is 0 Å². The van der Waals surface area contributed by atoms with Crippen molar-refractivity contribution in [2.75, 3.05) is 32.7 Å². The van der Waals surface area contributed by atoms with Crippen LogP contribution in [0.3, 0.4) is 0 Å². The second-order valence-electron chi connectivity index (χ2n) is 3.31. The summed E-state index contributed by atoms with van der Waals surface area (Å²) in [5.41, 5.74) is 1.29. The average Bonchev–Trinajstić information content (AvgIpc) is 2.18. The van der Waals surface area contributed by atoms with Crippen LogP contribution in [0.1, 0.15) is 27.2 Å². The van der Waals surface area contributed by atoms with Crippen molar-refractivity contribution in [1.82, 2.24) is 10.2 Å². The van der Waals surface area contributed by atoms with E-state index in [-0.39, 0.29) is 0 Å². The highest BCUT2D eigenvalue weighted by Gasteiger charge is 1.97. The van der Waals surface area contributed by atoms with Gasteiger partial charge in [0.1, 0.15) is 0 Å². The van der Waals surface area contributed by atoms with Crippen LogP contribution in [0.25, 0.3) is 0 Å². The van der Waals surface area contributed by atoms with Crippen molar-refractivity contribution >= 4 is 0 Å². The van der Waals surface area contributed by atoms with E-state index in [9.17, 15) is 0 Å². The molecule has 0 aromatic carbocycles. The number of likely N-dealkylation sites (N-methyl/N-ethyl adjacent to an activating group) is 1. The van der Waals surface area contributed by atoms with Crippen LogP contribution in [-0.4, -0.2) is 37.6 Å². The van der Waals surface area contributed by atoms with Crippen molar-refractivity contribution in [2.24, 2.45) is 0 Å². The van der Waals surface area contributed by atoms with Crippen molar-refractivity contribution in [3.63, 3.8) is 0 Å². The topological polar surface area (TPSA) is 15.3 Å². The van der Waals surface area contributed by atoms with Crippen LogP contribution in [0.5, 0.6) is 0 Å². The predicted molar refractivity (Wildman–Crippen MR) is 60.1 cm³/mol. The molecule has 0 amide bonds. The Labute approximate surface area is 83.0 Å². The van der Waals surface area contributed by atoms with Crippen molar-refractivity contribution < 1.29 is 0 Å². The summed E-state index contributed by atoms with van der Waals surface area (Å²) in [5, 5.41) is 3.39. The standard InChI is InChI=1S/C11H24N2/c1-5-11(4)10-12-8-9-13(6-2)7-3/h12H,4-10H2,1-3H3. The van der Waals surface area contributed by atoms with Gasteiger partial charge in [0.05, 0.1) is 0 Å². The number of rotatable bonds is 8. The molecule has 0 aromatic rings. The molecule has 2 heteroatoms. The zero-order chi connectivity index (χ0) is 10.1. The maximum absolute atomic E-state index is 3.95. The summed E-state index contributed by atoms with van der Waals surface area (Å²) in [7, 11) is 0. The van der Waals surface area contributed by atoms with Gasteiger partial charge in [-0.15, -0.1) is 0 Å². The molecule has 0 aliphatic heterocycles. The van der Waals surface area contributed by atoms with Gasteiger partial charge < -0.3 is 10.2 Å². The fraction of sp³-hybridized carbons (Fsp3) is 0.818. The molecule has 2 nitrogen and oxygen atoms in total. The lowest BCUT2D eigenvalue weighted by Crippen LogP contribution is -2.32. The Morgan fingerprint density at radius 1 is 1.23 bits per heavy atom. The largest absolute Gasteiger partial charge is 0.312 e. The van der Waals surface area contributed by atoms with Crippen LogP contribution in [0, 0.1) is 0 Å². The fourth-order valence-electron chi connectivity index (χ4n) is 1.17. The molecule has 1 N–H and O–H groups in total. The van der Waals surface area contributed by atoms with Gasteiger partial charge in [-0.3, -0.25) is 0 Å². The molecule has 0 aliphatic carbocycles. The molecule has 13 heavy (non-hydrogen) atoms. The van der Waals surface area contributed by atoms with Gasteiger partial charge >= 0.3 is 0 Å². The molecular weight excluding hydrogens is 160 g/mol. The summed E-state index contributed by atoms with van der Waals surface area (Å²) in [4.78, 5) is 2.42. The third-order valence-electron chi connectivity index (χ3n) is 2.37. The van der Waals surface area contributed by atoms with E-state index in [1.165, 1.54) is 5.57 Å². The van der Waals surface area contributed by atoms with Gasteiger partial charge in [-0.2, -0.15) is 0 Å². The Kier molecular flexibility index (Phi) is 8.05. The smallest absolute Gasteiger partial charge is 0.0162 e. The van der Waals surface area contributed by atoms with Crippen LogP contribution in [0.4, 0.5) is 0 Å². The minimum absolute atomic E-state index is 0.970. The molecule has 0 bridgehead atoms. The highest BCUT2D eigenvalue weighted by Crippen LogP contribution is 1.92. The normalized spacial score (nSPS) is 10.8. The minimum Gasteiger partial charge on any atom is -0.312 e. The first kappa shape index (κ1) is 12.7.